The second kappa shape index (κ2) is 6.11. The molecule has 1 saturated heterocycles. The summed E-state index contributed by atoms with van der Waals surface area (Å²) >= 11 is 0. The van der Waals surface area contributed by atoms with E-state index < -0.39 is 0 Å². The molecule has 1 aliphatic rings. The van der Waals surface area contributed by atoms with Crippen LogP contribution < -0.4 is 5.73 Å². The third-order valence-electron chi connectivity index (χ3n) is 3.65. The molecule has 1 unspecified atom stereocenters. The molecule has 0 aliphatic carbocycles. The molecule has 1 aliphatic heterocycles. The van der Waals surface area contributed by atoms with Crippen LogP contribution in [0.15, 0.2) is 18.2 Å². The number of halogens is 1. The summed E-state index contributed by atoms with van der Waals surface area (Å²) in [5.74, 6) is -0.367. The van der Waals surface area contributed by atoms with Crippen molar-refractivity contribution >= 4 is 0 Å². The number of rotatable bonds is 3. The average Bonchev–Trinajstić information content (AvgIpc) is 2.42. The second-order valence-electron chi connectivity index (χ2n) is 5.04. The van der Waals surface area contributed by atoms with E-state index in [0.29, 0.717) is 18.7 Å². The number of piperazine rings is 1. The summed E-state index contributed by atoms with van der Waals surface area (Å²) in [6, 6.07) is 6.74. The van der Waals surface area contributed by atoms with Crippen LogP contribution in [0.4, 0.5) is 4.39 Å². The van der Waals surface area contributed by atoms with Crippen LogP contribution in [0.1, 0.15) is 11.1 Å². The van der Waals surface area contributed by atoms with Crippen molar-refractivity contribution in [2.24, 2.45) is 5.73 Å². The van der Waals surface area contributed by atoms with E-state index in [-0.39, 0.29) is 11.9 Å². The van der Waals surface area contributed by atoms with Gasteiger partial charge in [-0.2, -0.15) is 5.26 Å². The highest BCUT2D eigenvalue weighted by atomic mass is 19.1. The Bertz CT molecular complexity index is 483. The summed E-state index contributed by atoms with van der Waals surface area (Å²) in [4.78, 5) is 4.53. The van der Waals surface area contributed by atoms with E-state index in [9.17, 15) is 4.39 Å². The molecule has 0 radical (unpaired) electrons. The highest BCUT2D eigenvalue weighted by Gasteiger charge is 2.24. The number of nitrogens with two attached hydrogens (primary N) is 1. The zero-order valence-electron chi connectivity index (χ0n) is 11.1. The number of hydrogen-bond acceptors (Lipinski definition) is 4. The van der Waals surface area contributed by atoms with Crippen molar-refractivity contribution in [1.29, 1.82) is 5.26 Å². The highest BCUT2D eigenvalue weighted by Crippen LogP contribution is 2.16. The average molecular weight is 262 g/mol. The standard InChI is InChI=1S/C14H19FN4/c1-18-4-5-19(14(8-17)10-18)9-11-2-3-13(15)6-12(11)7-16/h2-3,6,14H,4-5,8-10,17H2,1H3. The minimum Gasteiger partial charge on any atom is -0.329 e. The molecule has 5 heteroatoms. The molecule has 19 heavy (non-hydrogen) atoms. The first-order chi connectivity index (χ1) is 9.13. The molecule has 0 saturated carbocycles. The molecular formula is C14H19FN4. The van der Waals surface area contributed by atoms with Crippen LogP contribution in [0.2, 0.25) is 0 Å². The van der Waals surface area contributed by atoms with Crippen molar-refractivity contribution in [2.75, 3.05) is 33.2 Å². The van der Waals surface area contributed by atoms with Crippen LogP contribution >= 0.6 is 0 Å². The van der Waals surface area contributed by atoms with E-state index in [0.717, 1.165) is 25.2 Å². The Hall–Kier alpha value is -1.48. The van der Waals surface area contributed by atoms with E-state index in [1.165, 1.54) is 12.1 Å². The maximum atomic E-state index is 13.1. The Balaban J connectivity index is 2.14. The predicted molar refractivity (Wildman–Crippen MR) is 71.9 cm³/mol. The van der Waals surface area contributed by atoms with Gasteiger partial charge in [-0.1, -0.05) is 6.07 Å². The first kappa shape index (κ1) is 13.9. The third kappa shape index (κ3) is 3.29. The van der Waals surface area contributed by atoms with Crippen molar-refractivity contribution < 1.29 is 4.39 Å². The Morgan fingerprint density at radius 1 is 1.47 bits per heavy atom. The third-order valence-corrected chi connectivity index (χ3v) is 3.65. The smallest absolute Gasteiger partial charge is 0.124 e. The van der Waals surface area contributed by atoms with Gasteiger partial charge in [0, 0.05) is 38.8 Å². The zero-order valence-corrected chi connectivity index (χ0v) is 11.1. The maximum Gasteiger partial charge on any atom is 0.124 e. The van der Waals surface area contributed by atoms with Crippen LogP contribution in [-0.2, 0) is 6.54 Å². The first-order valence-electron chi connectivity index (χ1n) is 6.45. The number of nitrogens with zero attached hydrogens (tertiary/aromatic N) is 3. The van der Waals surface area contributed by atoms with Crippen LogP contribution in [0, 0.1) is 17.1 Å². The molecule has 2 N–H and O–H groups in total. The topological polar surface area (TPSA) is 56.3 Å². The molecule has 4 nitrogen and oxygen atoms in total. The lowest BCUT2D eigenvalue weighted by Crippen LogP contribution is -2.54. The number of benzene rings is 1. The van der Waals surface area contributed by atoms with Gasteiger partial charge in [0.15, 0.2) is 0 Å². The summed E-state index contributed by atoms with van der Waals surface area (Å²) in [5, 5.41) is 9.07. The fraction of sp³-hybridized carbons (Fsp3) is 0.500. The minimum absolute atomic E-state index is 0.287. The molecule has 1 heterocycles. The Morgan fingerprint density at radius 3 is 2.95 bits per heavy atom. The quantitative estimate of drug-likeness (QED) is 0.874. The van der Waals surface area contributed by atoms with E-state index in [4.69, 9.17) is 11.0 Å². The van der Waals surface area contributed by atoms with Crippen LogP contribution in [0.25, 0.3) is 0 Å². The SMILES string of the molecule is CN1CCN(Cc2ccc(F)cc2C#N)C(CN)C1. The van der Waals surface area contributed by atoms with Crippen molar-refractivity contribution in [1.82, 2.24) is 9.80 Å². The first-order valence-corrected chi connectivity index (χ1v) is 6.45. The van der Waals surface area contributed by atoms with E-state index in [2.05, 4.69) is 22.9 Å². The minimum atomic E-state index is -0.367. The molecule has 0 spiro atoms. The Labute approximate surface area is 113 Å². The number of hydrogen-bond donors (Lipinski definition) is 1. The van der Waals surface area contributed by atoms with Crippen molar-refractivity contribution in [3.8, 4) is 6.07 Å². The molecule has 102 valence electrons. The van der Waals surface area contributed by atoms with Crippen LogP contribution in [0.3, 0.4) is 0 Å². The molecular weight excluding hydrogens is 243 g/mol. The van der Waals surface area contributed by atoms with E-state index in [1.807, 2.05) is 0 Å². The lowest BCUT2D eigenvalue weighted by molar-refractivity contribution is 0.0880. The lowest BCUT2D eigenvalue weighted by Gasteiger charge is -2.39. The van der Waals surface area contributed by atoms with Crippen molar-refractivity contribution in [2.45, 2.75) is 12.6 Å². The summed E-state index contributed by atoms with van der Waals surface area (Å²) < 4.78 is 13.1. The van der Waals surface area contributed by atoms with Gasteiger partial charge in [-0.15, -0.1) is 0 Å². The lowest BCUT2D eigenvalue weighted by atomic mass is 10.1. The Kier molecular flexibility index (Phi) is 4.48. The van der Waals surface area contributed by atoms with Gasteiger partial charge in [0.25, 0.3) is 0 Å². The van der Waals surface area contributed by atoms with E-state index >= 15 is 0 Å². The van der Waals surface area contributed by atoms with Crippen molar-refractivity contribution in [3.63, 3.8) is 0 Å². The summed E-state index contributed by atoms with van der Waals surface area (Å²) in [6.45, 7) is 4.08. The number of nitriles is 1. The van der Waals surface area contributed by atoms with Gasteiger partial charge < -0.3 is 10.6 Å². The zero-order chi connectivity index (χ0) is 13.8. The van der Waals surface area contributed by atoms with Gasteiger partial charge in [0.1, 0.15) is 5.82 Å². The van der Waals surface area contributed by atoms with Crippen LogP contribution in [0.5, 0.6) is 0 Å². The predicted octanol–water partition coefficient (Wildman–Crippen LogP) is 0.772. The molecule has 2 rings (SSSR count). The molecule has 0 bridgehead atoms. The normalized spacial score (nSPS) is 21.3. The number of likely N-dealkylation sites (N-methyl/N-ethyl adjacent to an activating group) is 1. The fourth-order valence-corrected chi connectivity index (χ4v) is 2.49. The highest BCUT2D eigenvalue weighted by molar-refractivity contribution is 5.37. The van der Waals surface area contributed by atoms with Gasteiger partial charge >= 0.3 is 0 Å². The van der Waals surface area contributed by atoms with Gasteiger partial charge in [0.05, 0.1) is 11.6 Å². The van der Waals surface area contributed by atoms with Gasteiger partial charge in [-0.3, -0.25) is 4.90 Å². The van der Waals surface area contributed by atoms with E-state index in [1.54, 1.807) is 6.07 Å². The monoisotopic (exact) mass is 262 g/mol. The summed E-state index contributed by atoms with van der Waals surface area (Å²) in [7, 11) is 2.08. The summed E-state index contributed by atoms with van der Waals surface area (Å²) in [5.41, 5.74) is 7.09. The van der Waals surface area contributed by atoms with Crippen LogP contribution in [-0.4, -0.2) is 49.1 Å². The molecule has 1 fully saturated rings. The fourth-order valence-electron chi connectivity index (χ4n) is 2.49. The molecule has 0 amide bonds. The van der Waals surface area contributed by atoms with Crippen molar-refractivity contribution in [3.05, 3.63) is 35.1 Å². The molecule has 1 atom stereocenters. The molecule has 1 aromatic rings. The Morgan fingerprint density at radius 2 is 2.26 bits per heavy atom. The largest absolute Gasteiger partial charge is 0.329 e. The molecule has 0 aromatic heterocycles. The van der Waals surface area contributed by atoms with Gasteiger partial charge in [-0.25, -0.2) is 4.39 Å². The van der Waals surface area contributed by atoms with Gasteiger partial charge in [0.2, 0.25) is 0 Å². The summed E-state index contributed by atoms with van der Waals surface area (Å²) in [6.07, 6.45) is 0. The van der Waals surface area contributed by atoms with Gasteiger partial charge in [-0.05, 0) is 24.7 Å². The second-order valence-corrected chi connectivity index (χ2v) is 5.04. The maximum absolute atomic E-state index is 13.1. The molecule has 1 aromatic carbocycles.